The van der Waals surface area contributed by atoms with Gasteiger partial charge in [-0.05, 0) is 0 Å². The van der Waals surface area contributed by atoms with Gasteiger partial charge in [0, 0.05) is 0 Å². The van der Waals surface area contributed by atoms with Crippen LogP contribution in [0, 0.1) is 0 Å². The van der Waals surface area contributed by atoms with Gasteiger partial charge in [-0.25, -0.2) is 0 Å². The fraction of sp³-hybridized carbons (Fsp3) is 1.00. The van der Waals surface area contributed by atoms with Gasteiger partial charge in [-0.15, -0.1) is 0 Å². The van der Waals surface area contributed by atoms with Crippen molar-refractivity contribution < 1.29 is 32.2 Å². The molecule has 0 aliphatic heterocycles. The number of hydrogen-bond donors (Lipinski definition) is 2. The summed E-state index contributed by atoms with van der Waals surface area (Å²) in [6, 6.07) is 0. The van der Waals surface area contributed by atoms with E-state index in [1.165, 1.54) is 0 Å². The molecular formula is C6H16O4Ti. The van der Waals surface area contributed by atoms with Gasteiger partial charge in [0.05, 0.1) is 0 Å². The Bertz CT molecular complexity index is 105. The predicted octanol–water partition coefficient (Wildman–Crippen LogP) is 0.636. The Hall–Kier alpha value is 0.554. The van der Waals surface area contributed by atoms with E-state index in [0.29, 0.717) is 6.61 Å². The zero-order chi connectivity index (χ0) is 8.91. The predicted molar refractivity (Wildman–Crippen MR) is 36.9 cm³/mol. The topological polar surface area (TPSA) is 58.9 Å². The first-order valence-corrected chi connectivity index (χ1v) is 6.41. The van der Waals surface area contributed by atoms with Crippen LogP contribution in [0.2, 0.25) is 0 Å². The average Bonchev–Trinajstić information content (AvgIpc) is 1.81. The molecule has 0 spiro atoms. The second-order valence-electron chi connectivity index (χ2n) is 2.56. The van der Waals surface area contributed by atoms with Gasteiger partial charge in [0.1, 0.15) is 0 Å². The Balaban J connectivity index is 3.61. The Labute approximate surface area is 72.4 Å². The van der Waals surface area contributed by atoms with E-state index in [1.807, 2.05) is 6.92 Å². The molecule has 0 rings (SSSR count). The second-order valence-corrected chi connectivity index (χ2v) is 5.10. The van der Waals surface area contributed by atoms with Crippen molar-refractivity contribution in [1.29, 1.82) is 0 Å². The van der Waals surface area contributed by atoms with Gasteiger partial charge >= 0.3 is 72.1 Å². The van der Waals surface area contributed by atoms with Crippen LogP contribution in [-0.4, -0.2) is 20.1 Å². The van der Waals surface area contributed by atoms with Crippen LogP contribution in [0.4, 0.5) is 0 Å². The third-order valence-corrected chi connectivity index (χ3v) is 3.00. The summed E-state index contributed by atoms with van der Waals surface area (Å²) in [6.45, 7) is 5.72. The van der Waals surface area contributed by atoms with Gasteiger partial charge in [0.15, 0.2) is 0 Å². The second kappa shape index (κ2) is 5.24. The van der Waals surface area contributed by atoms with Crippen molar-refractivity contribution in [2.75, 3.05) is 6.61 Å². The summed E-state index contributed by atoms with van der Waals surface area (Å²) in [7, 11) is 0. The van der Waals surface area contributed by atoms with E-state index in [0.717, 1.165) is 6.42 Å². The van der Waals surface area contributed by atoms with Crippen molar-refractivity contribution >= 4 is 0 Å². The molecule has 0 saturated heterocycles. The zero-order valence-corrected chi connectivity index (χ0v) is 8.76. The van der Waals surface area contributed by atoms with Crippen molar-refractivity contribution in [3.63, 3.8) is 0 Å². The molecule has 11 heavy (non-hydrogen) atoms. The Morgan fingerprint density at radius 2 is 1.91 bits per heavy atom. The molecule has 0 aliphatic rings. The van der Waals surface area contributed by atoms with Gasteiger partial charge < -0.3 is 0 Å². The van der Waals surface area contributed by atoms with Crippen LogP contribution in [0.1, 0.15) is 27.2 Å². The SMILES string of the molecule is CCC[O][Ti]([OH])([OH])[O]C(C)C. The third-order valence-electron chi connectivity index (χ3n) is 0.883. The Morgan fingerprint density at radius 3 is 2.27 bits per heavy atom. The van der Waals surface area contributed by atoms with Gasteiger partial charge in [-0.1, -0.05) is 0 Å². The molecule has 0 atom stereocenters. The van der Waals surface area contributed by atoms with Gasteiger partial charge in [0.25, 0.3) is 0 Å². The zero-order valence-electron chi connectivity index (χ0n) is 7.20. The summed E-state index contributed by atoms with van der Waals surface area (Å²) in [5, 5.41) is 0. The number of rotatable bonds is 5. The Morgan fingerprint density at radius 1 is 1.36 bits per heavy atom. The summed E-state index contributed by atoms with van der Waals surface area (Å²) < 4.78 is 27.8. The molecule has 0 radical (unpaired) electrons. The van der Waals surface area contributed by atoms with Crippen LogP contribution < -0.4 is 0 Å². The summed E-state index contributed by atoms with van der Waals surface area (Å²) in [4.78, 5) is 0. The van der Waals surface area contributed by atoms with E-state index < -0.39 is 18.1 Å². The first-order valence-electron chi connectivity index (χ1n) is 3.74. The summed E-state index contributed by atoms with van der Waals surface area (Å²) in [5.74, 6) is 0. The fourth-order valence-corrected chi connectivity index (χ4v) is 2.38. The van der Waals surface area contributed by atoms with Gasteiger partial charge in [-0.3, -0.25) is 0 Å². The third kappa shape index (κ3) is 6.93. The van der Waals surface area contributed by atoms with Crippen molar-refractivity contribution in [1.82, 2.24) is 0 Å². The standard InChI is InChI=1S/2C3H7O.2H2O.Ti/c1-3(2)4;1-2-3-4;;;/h3H,1-2H3;2-3H2,1H3;2*1H2;/q2*-1;;;+4/p-2. The Kier molecular flexibility index (Phi) is 5.51. The molecule has 4 nitrogen and oxygen atoms in total. The normalized spacial score (nSPS) is 12.5. The van der Waals surface area contributed by atoms with Crippen LogP contribution >= 0.6 is 0 Å². The maximum atomic E-state index is 9.11. The van der Waals surface area contributed by atoms with Crippen molar-refractivity contribution in [3.8, 4) is 0 Å². The first kappa shape index (κ1) is 11.6. The van der Waals surface area contributed by atoms with Crippen molar-refractivity contribution in [3.05, 3.63) is 0 Å². The molecule has 0 aromatic heterocycles. The molecular weight excluding hydrogens is 184 g/mol. The molecule has 0 heterocycles. The molecule has 0 aromatic carbocycles. The van der Waals surface area contributed by atoms with E-state index in [4.69, 9.17) is 14.0 Å². The molecule has 68 valence electrons. The van der Waals surface area contributed by atoms with Crippen LogP contribution in [0.3, 0.4) is 0 Å². The molecule has 0 amide bonds. The molecule has 0 bridgehead atoms. The van der Waals surface area contributed by atoms with Crippen molar-refractivity contribution in [2.45, 2.75) is 33.3 Å². The average molecular weight is 200 g/mol. The molecule has 0 aromatic rings. The van der Waals surface area contributed by atoms with Crippen LogP contribution in [-0.2, 0) is 24.8 Å². The van der Waals surface area contributed by atoms with Gasteiger partial charge in [-0.2, -0.15) is 0 Å². The quantitative estimate of drug-likeness (QED) is 0.639. The first-order chi connectivity index (χ1) is 4.98. The van der Waals surface area contributed by atoms with Crippen LogP contribution in [0.15, 0.2) is 0 Å². The van der Waals surface area contributed by atoms with Crippen LogP contribution in [0.25, 0.3) is 0 Å². The summed E-state index contributed by atoms with van der Waals surface area (Å²) >= 11 is -4.26. The van der Waals surface area contributed by atoms with Crippen molar-refractivity contribution in [2.24, 2.45) is 0 Å². The molecule has 2 N–H and O–H groups in total. The van der Waals surface area contributed by atoms with E-state index >= 15 is 0 Å². The monoisotopic (exact) mass is 200 g/mol. The van der Waals surface area contributed by atoms with Gasteiger partial charge in [0.2, 0.25) is 0 Å². The van der Waals surface area contributed by atoms with E-state index in [1.54, 1.807) is 13.8 Å². The number of hydrogen-bond acceptors (Lipinski definition) is 4. The minimum absolute atomic E-state index is 0.193. The van der Waals surface area contributed by atoms with E-state index in [9.17, 15) is 0 Å². The van der Waals surface area contributed by atoms with E-state index in [2.05, 4.69) is 0 Å². The molecule has 0 aliphatic carbocycles. The minimum atomic E-state index is -4.26. The molecule has 0 saturated carbocycles. The summed E-state index contributed by atoms with van der Waals surface area (Å²) in [5.41, 5.74) is 0. The van der Waals surface area contributed by atoms with E-state index in [-0.39, 0.29) is 6.10 Å². The molecule has 5 heteroatoms. The summed E-state index contributed by atoms with van der Waals surface area (Å²) in [6.07, 6.45) is 0.567. The maximum absolute atomic E-state index is 9.11. The fourth-order valence-electron chi connectivity index (χ4n) is 0.576. The molecule has 0 fully saturated rings. The van der Waals surface area contributed by atoms with Crippen LogP contribution in [0.5, 0.6) is 0 Å². The molecule has 0 unspecified atom stereocenters.